The second-order valence-corrected chi connectivity index (χ2v) is 8.85. The molecule has 0 fully saturated rings. The molecule has 0 aliphatic heterocycles. The molecule has 0 aliphatic carbocycles. The molecule has 0 radical (unpaired) electrons. The summed E-state index contributed by atoms with van der Waals surface area (Å²) in [7, 11) is 0. The molecule has 4 aromatic rings. The molecule has 0 amide bonds. The molecule has 0 N–H and O–H groups in total. The van der Waals surface area contributed by atoms with Crippen molar-refractivity contribution in [1.29, 1.82) is 0 Å². The number of aromatic nitrogens is 5. The predicted molar refractivity (Wildman–Crippen MR) is 126 cm³/mol. The Hall–Kier alpha value is -2.88. The van der Waals surface area contributed by atoms with Crippen molar-refractivity contribution in [3.05, 3.63) is 83.7 Å². The van der Waals surface area contributed by atoms with Gasteiger partial charge in [-0.25, -0.2) is 0 Å². The first-order valence-corrected chi connectivity index (χ1v) is 11.9. The highest BCUT2D eigenvalue weighted by Gasteiger charge is 2.16. The zero-order chi connectivity index (χ0) is 22.3. The lowest BCUT2D eigenvalue weighted by atomic mass is 10.1. The molecular weight excluding hydrogens is 466 g/mol. The number of hydrogen-bond donors (Lipinski definition) is 0. The average molecular weight is 484 g/mol. The molecule has 0 bridgehead atoms. The number of nitrogens with zero attached hydrogens (tertiary/aromatic N) is 5. The Kier molecular flexibility index (Phi) is 7.41. The monoisotopic (exact) mass is 483 g/mol. The van der Waals surface area contributed by atoms with E-state index in [1.807, 2.05) is 34.9 Å². The van der Waals surface area contributed by atoms with Gasteiger partial charge in [-0.2, -0.15) is 0 Å². The van der Waals surface area contributed by atoms with Crippen molar-refractivity contribution in [2.75, 3.05) is 5.75 Å². The van der Waals surface area contributed by atoms with Gasteiger partial charge in [-0.1, -0.05) is 71.5 Å². The van der Waals surface area contributed by atoms with Crippen molar-refractivity contribution >= 4 is 40.9 Å². The number of carbonyl (C=O) groups is 1. The summed E-state index contributed by atoms with van der Waals surface area (Å²) in [6, 6.07) is 16.6. The molecule has 10 heteroatoms. The molecule has 2 heterocycles. The number of halogens is 1. The maximum absolute atomic E-state index is 12.3. The molecule has 7 nitrogen and oxygen atoms in total. The molecule has 2 aromatic heterocycles. The van der Waals surface area contributed by atoms with Gasteiger partial charge in [0.05, 0.1) is 11.5 Å². The van der Waals surface area contributed by atoms with Crippen molar-refractivity contribution in [1.82, 2.24) is 25.0 Å². The molecule has 0 spiro atoms. The lowest BCUT2D eigenvalue weighted by Gasteiger charge is -2.06. The van der Waals surface area contributed by atoms with Crippen LogP contribution in [0.3, 0.4) is 0 Å². The summed E-state index contributed by atoms with van der Waals surface area (Å²) in [6.07, 6.45) is 1.80. The van der Waals surface area contributed by atoms with E-state index in [-0.39, 0.29) is 11.5 Å². The van der Waals surface area contributed by atoms with Crippen LogP contribution in [-0.2, 0) is 12.3 Å². The third kappa shape index (κ3) is 5.48. The maximum Gasteiger partial charge on any atom is 0.277 e. The number of carbonyl (C=O) groups excluding carboxylic acids is 1. The predicted octanol–water partition coefficient (Wildman–Crippen LogP) is 5.43. The number of benzene rings is 2. The lowest BCUT2D eigenvalue weighted by Crippen LogP contribution is -2.01. The van der Waals surface area contributed by atoms with Crippen LogP contribution < -0.4 is 0 Å². The molecule has 162 valence electrons. The van der Waals surface area contributed by atoms with Crippen LogP contribution in [0.2, 0.25) is 5.02 Å². The minimum atomic E-state index is -0.0354. The van der Waals surface area contributed by atoms with Gasteiger partial charge in [0.2, 0.25) is 5.89 Å². The molecule has 0 aliphatic rings. The summed E-state index contributed by atoms with van der Waals surface area (Å²) >= 11 is 8.51. The minimum absolute atomic E-state index is 0.0354. The molecule has 0 saturated carbocycles. The van der Waals surface area contributed by atoms with Gasteiger partial charge in [0.1, 0.15) is 0 Å². The van der Waals surface area contributed by atoms with E-state index in [4.69, 9.17) is 16.0 Å². The number of thioether (sulfide) groups is 2. The summed E-state index contributed by atoms with van der Waals surface area (Å²) in [5.74, 6) is 1.82. The number of Topliss-reactive ketones (excluding diaryl/α,β-unsaturated/α-hetero) is 1. The Bertz CT molecular complexity index is 1210. The smallest absolute Gasteiger partial charge is 0.277 e. The fourth-order valence-electron chi connectivity index (χ4n) is 2.82. The maximum atomic E-state index is 12.3. The fourth-order valence-corrected chi connectivity index (χ4v) is 4.40. The summed E-state index contributed by atoms with van der Waals surface area (Å²) in [5, 5.41) is 18.4. The normalized spacial score (nSPS) is 10.9. The molecule has 2 aromatic carbocycles. The number of ketones is 1. The molecule has 0 atom stereocenters. The minimum Gasteiger partial charge on any atom is -0.415 e. The van der Waals surface area contributed by atoms with E-state index in [9.17, 15) is 4.79 Å². The summed E-state index contributed by atoms with van der Waals surface area (Å²) in [4.78, 5) is 12.3. The zero-order valence-corrected chi connectivity index (χ0v) is 19.2. The van der Waals surface area contributed by atoms with Crippen LogP contribution in [0.4, 0.5) is 0 Å². The highest BCUT2D eigenvalue weighted by atomic mass is 35.5. The van der Waals surface area contributed by atoms with E-state index >= 15 is 0 Å². The van der Waals surface area contributed by atoms with Gasteiger partial charge in [-0.3, -0.25) is 9.36 Å². The highest BCUT2D eigenvalue weighted by Crippen LogP contribution is 2.27. The fraction of sp³-hybridized carbons (Fsp3) is 0.136. The van der Waals surface area contributed by atoms with Gasteiger partial charge in [-0.05, 0) is 24.3 Å². The van der Waals surface area contributed by atoms with Crippen molar-refractivity contribution in [3.63, 3.8) is 0 Å². The quantitative estimate of drug-likeness (QED) is 0.167. The van der Waals surface area contributed by atoms with E-state index in [0.29, 0.717) is 34.0 Å². The Labute approximate surface area is 198 Å². The Morgan fingerprint density at radius 2 is 1.81 bits per heavy atom. The van der Waals surface area contributed by atoms with Crippen molar-refractivity contribution in [2.24, 2.45) is 0 Å². The molecule has 32 heavy (non-hydrogen) atoms. The van der Waals surface area contributed by atoms with E-state index in [2.05, 4.69) is 27.0 Å². The molecule has 0 saturated heterocycles. The van der Waals surface area contributed by atoms with E-state index in [1.54, 1.807) is 30.3 Å². The Morgan fingerprint density at radius 3 is 2.56 bits per heavy atom. The van der Waals surface area contributed by atoms with Gasteiger partial charge >= 0.3 is 0 Å². The van der Waals surface area contributed by atoms with Crippen LogP contribution in [0.15, 0.2) is 82.0 Å². The number of rotatable bonds is 10. The second-order valence-electron chi connectivity index (χ2n) is 6.54. The average Bonchev–Trinajstić information content (AvgIpc) is 3.44. The van der Waals surface area contributed by atoms with Crippen LogP contribution in [0.5, 0.6) is 0 Å². The number of hydrogen-bond acceptors (Lipinski definition) is 8. The lowest BCUT2D eigenvalue weighted by molar-refractivity contribution is 0.102. The van der Waals surface area contributed by atoms with Crippen LogP contribution in [-0.4, -0.2) is 36.5 Å². The van der Waals surface area contributed by atoms with E-state index in [0.717, 1.165) is 16.5 Å². The SMILES string of the molecule is C=CCn1c(SCc2nnc(SCC(=O)c3ccc(Cl)cc3)o2)nnc1-c1ccccc1. The standard InChI is InChI=1S/C22H18ClN5O2S2/c1-2-12-28-20(16-6-4-3-5-7-16)25-26-21(28)31-14-19-24-27-22(30-19)32-13-18(29)15-8-10-17(23)11-9-15/h2-11H,1,12-14H2. The number of allylic oxidation sites excluding steroid dienone is 1. The van der Waals surface area contributed by atoms with Crippen molar-refractivity contribution in [2.45, 2.75) is 22.7 Å². The van der Waals surface area contributed by atoms with Crippen LogP contribution in [0.25, 0.3) is 11.4 Å². The second kappa shape index (κ2) is 10.6. The van der Waals surface area contributed by atoms with Gasteiger partial charge in [-0.15, -0.1) is 27.0 Å². The highest BCUT2D eigenvalue weighted by molar-refractivity contribution is 7.99. The van der Waals surface area contributed by atoms with Crippen molar-refractivity contribution in [3.8, 4) is 11.4 Å². The van der Waals surface area contributed by atoms with Gasteiger partial charge in [0, 0.05) is 22.7 Å². The van der Waals surface area contributed by atoms with Crippen LogP contribution >= 0.6 is 35.1 Å². The van der Waals surface area contributed by atoms with Crippen LogP contribution in [0, 0.1) is 0 Å². The van der Waals surface area contributed by atoms with Crippen LogP contribution in [0.1, 0.15) is 16.2 Å². The van der Waals surface area contributed by atoms with E-state index < -0.39 is 0 Å². The van der Waals surface area contributed by atoms with Gasteiger partial charge in [0.25, 0.3) is 5.22 Å². The summed E-state index contributed by atoms with van der Waals surface area (Å²) in [6.45, 7) is 4.41. The molecular formula is C22H18ClN5O2S2. The topological polar surface area (TPSA) is 86.7 Å². The first-order valence-electron chi connectivity index (χ1n) is 9.60. The first kappa shape index (κ1) is 22.3. The van der Waals surface area contributed by atoms with Gasteiger partial charge in [0.15, 0.2) is 16.8 Å². The largest absolute Gasteiger partial charge is 0.415 e. The van der Waals surface area contributed by atoms with Gasteiger partial charge < -0.3 is 4.42 Å². The Morgan fingerprint density at radius 1 is 1.03 bits per heavy atom. The van der Waals surface area contributed by atoms with Crippen molar-refractivity contribution < 1.29 is 9.21 Å². The summed E-state index contributed by atoms with van der Waals surface area (Å²) in [5.41, 5.74) is 1.57. The zero-order valence-electron chi connectivity index (χ0n) is 16.8. The van der Waals surface area contributed by atoms with E-state index in [1.165, 1.54) is 23.5 Å². The Balaban J connectivity index is 1.37. The molecule has 4 rings (SSSR count). The first-order chi connectivity index (χ1) is 15.6. The molecule has 0 unspecified atom stereocenters. The third-order valence-electron chi connectivity index (χ3n) is 4.33. The summed E-state index contributed by atoms with van der Waals surface area (Å²) < 4.78 is 7.66. The third-order valence-corrected chi connectivity index (χ3v) is 6.35.